The van der Waals surface area contributed by atoms with Crippen molar-refractivity contribution in [3.05, 3.63) is 0 Å². The van der Waals surface area contributed by atoms with Crippen LogP contribution in [0.15, 0.2) is 0 Å². The van der Waals surface area contributed by atoms with Crippen molar-refractivity contribution in [1.82, 2.24) is 4.90 Å². The predicted octanol–water partition coefficient (Wildman–Crippen LogP) is 1.53. The zero-order chi connectivity index (χ0) is 13.0. The molecule has 0 aromatic rings. The van der Waals surface area contributed by atoms with Crippen LogP contribution in [0.25, 0.3) is 0 Å². The summed E-state index contributed by atoms with van der Waals surface area (Å²) in [6.07, 6.45) is 6.17. The molecule has 2 aliphatic heterocycles. The average Bonchev–Trinajstić information content (AvgIpc) is 2.40. The highest BCUT2D eigenvalue weighted by Gasteiger charge is 2.39. The van der Waals surface area contributed by atoms with E-state index in [4.69, 9.17) is 10.5 Å². The number of nitrogens with two attached hydrogens (primary N) is 1. The third-order valence-electron chi connectivity index (χ3n) is 4.41. The van der Waals surface area contributed by atoms with Crippen molar-refractivity contribution in [2.24, 2.45) is 11.7 Å². The molecule has 0 aromatic heterocycles. The summed E-state index contributed by atoms with van der Waals surface area (Å²) in [6.45, 7) is 5.25. The zero-order valence-corrected chi connectivity index (χ0v) is 11.5. The number of carbonyl (C=O) groups is 1. The van der Waals surface area contributed by atoms with Crippen molar-refractivity contribution < 1.29 is 9.53 Å². The first kappa shape index (κ1) is 13.8. The maximum absolute atomic E-state index is 12.5. The number of rotatable bonds is 3. The molecule has 0 spiro atoms. The van der Waals surface area contributed by atoms with E-state index in [-0.39, 0.29) is 5.91 Å². The molecule has 0 aliphatic carbocycles. The molecule has 2 N–H and O–H groups in total. The van der Waals surface area contributed by atoms with Crippen LogP contribution in [-0.4, -0.2) is 42.6 Å². The van der Waals surface area contributed by atoms with Crippen LogP contribution < -0.4 is 5.73 Å². The summed E-state index contributed by atoms with van der Waals surface area (Å²) in [6, 6.07) is 0. The smallest absolute Gasteiger partial charge is 0.242 e. The first-order valence-electron chi connectivity index (χ1n) is 7.32. The van der Waals surface area contributed by atoms with Gasteiger partial charge in [-0.05, 0) is 31.6 Å². The van der Waals surface area contributed by atoms with Crippen LogP contribution in [0, 0.1) is 5.92 Å². The number of carbonyl (C=O) groups excluding carboxylic acids is 1. The highest BCUT2D eigenvalue weighted by atomic mass is 16.5. The van der Waals surface area contributed by atoms with Gasteiger partial charge in [-0.15, -0.1) is 0 Å². The van der Waals surface area contributed by atoms with Crippen molar-refractivity contribution in [1.29, 1.82) is 0 Å². The van der Waals surface area contributed by atoms with Gasteiger partial charge in [0, 0.05) is 26.3 Å². The predicted molar refractivity (Wildman–Crippen MR) is 71.2 cm³/mol. The Morgan fingerprint density at radius 1 is 1.33 bits per heavy atom. The number of nitrogens with zero attached hydrogens (tertiary/aromatic N) is 1. The quantitative estimate of drug-likeness (QED) is 0.831. The molecule has 18 heavy (non-hydrogen) atoms. The summed E-state index contributed by atoms with van der Waals surface area (Å²) in [5, 5.41) is 0. The fourth-order valence-corrected chi connectivity index (χ4v) is 3.10. The van der Waals surface area contributed by atoms with E-state index in [1.54, 1.807) is 0 Å². The van der Waals surface area contributed by atoms with Crippen LogP contribution in [0.3, 0.4) is 0 Å². The van der Waals surface area contributed by atoms with Gasteiger partial charge in [0.05, 0.1) is 5.54 Å². The lowest BCUT2D eigenvalue weighted by Crippen LogP contribution is -2.59. The topological polar surface area (TPSA) is 55.6 Å². The highest BCUT2D eigenvalue weighted by Crippen LogP contribution is 2.26. The second-order valence-electron chi connectivity index (χ2n) is 5.79. The molecular formula is C14H26N2O2. The SMILES string of the molecule is CCCC1CCN(C(=O)C2(N)CCOCC2)CC1. The van der Waals surface area contributed by atoms with Gasteiger partial charge in [0.1, 0.15) is 0 Å². The molecule has 0 atom stereocenters. The Morgan fingerprint density at radius 2 is 1.94 bits per heavy atom. The van der Waals surface area contributed by atoms with Gasteiger partial charge in [-0.1, -0.05) is 19.8 Å². The Kier molecular flexibility index (Phi) is 4.62. The van der Waals surface area contributed by atoms with Crippen LogP contribution in [-0.2, 0) is 9.53 Å². The molecule has 2 aliphatic rings. The maximum atomic E-state index is 12.5. The van der Waals surface area contributed by atoms with Crippen LogP contribution in [0.4, 0.5) is 0 Å². The number of ether oxygens (including phenoxy) is 1. The fourth-order valence-electron chi connectivity index (χ4n) is 3.10. The molecular weight excluding hydrogens is 228 g/mol. The summed E-state index contributed by atoms with van der Waals surface area (Å²) >= 11 is 0. The van der Waals surface area contributed by atoms with E-state index >= 15 is 0 Å². The monoisotopic (exact) mass is 254 g/mol. The largest absolute Gasteiger partial charge is 0.381 e. The van der Waals surface area contributed by atoms with E-state index in [1.807, 2.05) is 4.90 Å². The van der Waals surface area contributed by atoms with E-state index in [0.29, 0.717) is 26.1 Å². The van der Waals surface area contributed by atoms with Crippen molar-refractivity contribution in [2.75, 3.05) is 26.3 Å². The summed E-state index contributed by atoms with van der Waals surface area (Å²) in [5.74, 6) is 0.961. The second kappa shape index (κ2) is 6.02. The minimum absolute atomic E-state index is 0.153. The minimum Gasteiger partial charge on any atom is -0.381 e. The van der Waals surface area contributed by atoms with Crippen LogP contribution in [0.1, 0.15) is 45.4 Å². The van der Waals surface area contributed by atoms with Gasteiger partial charge >= 0.3 is 0 Å². The van der Waals surface area contributed by atoms with Crippen molar-refractivity contribution in [3.8, 4) is 0 Å². The Bertz CT molecular complexity index is 280. The van der Waals surface area contributed by atoms with Crippen molar-refractivity contribution >= 4 is 5.91 Å². The summed E-state index contributed by atoms with van der Waals surface area (Å²) in [7, 11) is 0. The minimum atomic E-state index is -0.657. The molecule has 0 saturated carbocycles. The molecule has 2 saturated heterocycles. The Morgan fingerprint density at radius 3 is 2.50 bits per heavy atom. The number of amides is 1. The third-order valence-corrected chi connectivity index (χ3v) is 4.41. The van der Waals surface area contributed by atoms with E-state index in [9.17, 15) is 4.79 Å². The summed E-state index contributed by atoms with van der Waals surface area (Å²) in [4.78, 5) is 14.5. The number of hydrogen-bond acceptors (Lipinski definition) is 3. The standard InChI is InChI=1S/C14H26N2O2/c1-2-3-12-4-8-16(9-5-12)13(17)14(15)6-10-18-11-7-14/h12H,2-11,15H2,1H3. The number of piperidine rings is 1. The van der Waals surface area contributed by atoms with E-state index < -0.39 is 5.54 Å². The molecule has 2 heterocycles. The lowest BCUT2D eigenvalue weighted by molar-refractivity contribution is -0.142. The van der Waals surface area contributed by atoms with Gasteiger partial charge in [0.15, 0.2) is 0 Å². The first-order valence-corrected chi connectivity index (χ1v) is 7.32. The van der Waals surface area contributed by atoms with Gasteiger partial charge in [-0.2, -0.15) is 0 Å². The van der Waals surface area contributed by atoms with E-state index in [0.717, 1.165) is 31.8 Å². The average molecular weight is 254 g/mol. The Balaban J connectivity index is 1.86. The first-order chi connectivity index (χ1) is 8.65. The summed E-state index contributed by atoms with van der Waals surface area (Å²) < 4.78 is 5.30. The zero-order valence-electron chi connectivity index (χ0n) is 11.5. The van der Waals surface area contributed by atoms with Gasteiger partial charge in [-0.3, -0.25) is 4.79 Å². The van der Waals surface area contributed by atoms with E-state index in [1.165, 1.54) is 12.8 Å². The third kappa shape index (κ3) is 3.04. The molecule has 0 unspecified atom stereocenters. The van der Waals surface area contributed by atoms with Gasteiger partial charge in [-0.25, -0.2) is 0 Å². The van der Waals surface area contributed by atoms with Gasteiger partial charge in [0.2, 0.25) is 5.91 Å². The Hall–Kier alpha value is -0.610. The molecule has 0 aromatic carbocycles. The van der Waals surface area contributed by atoms with Crippen LogP contribution >= 0.6 is 0 Å². The molecule has 1 amide bonds. The van der Waals surface area contributed by atoms with Gasteiger partial charge in [0.25, 0.3) is 0 Å². The molecule has 0 bridgehead atoms. The molecule has 2 fully saturated rings. The van der Waals surface area contributed by atoms with Crippen molar-refractivity contribution in [3.63, 3.8) is 0 Å². The molecule has 0 radical (unpaired) electrons. The Labute approximate surface area is 110 Å². The molecule has 4 heteroatoms. The van der Waals surface area contributed by atoms with Crippen molar-refractivity contribution in [2.45, 2.75) is 51.0 Å². The number of likely N-dealkylation sites (tertiary alicyclic amines) is 1. The van der Waals surface area contributed by atoms with Crippen LogP contribution in [0.5, 0.6) is 0 Å². The van der Waals surface area contributed by atoms with Crippen LogP contribution in [0.2, 0.25) is 0 Å². The second-order valence-corrected chi connectivity index (χ2v) is 5.79. The maximum Gasteiger partial charge on any atom is 0.242 e. The summed E-state index contributed by atoms with van der Waals surface area (Å²) in [5.41, 5.74) is 5.60. The lowest BCUT2D eigenvalue weighted by Gasteiger charge is -2.39. The molecule has 2 rings (SSSR count). The number of hydrogen-bond donors (Lipinski definition) is 1. The molecule has 4 nitrogen and oxygen atoms in total. The van der Waals surface area contributed by atoms with Gasteiger partial charge < -0.3 is 15.4 Å². The normalized spacial score (nSPS) is 25.1. The molecule has 104 valence electrons. The highest BCUT2D eigenvalue weighted by molar-refractivity contribution is 5.86. The lowest BCUT2D eigenvalue weighted by atomic mass is 9.87. The fraction of sp³-hybridized carbons (Fsp3) is 0.929. The van der Waals surface area contributed by atoms with E-state index in [2.05, 4.69) is 6.92 Å².